The van der Waals surface area contributed by atoms with Gasteiger partial charge in [0.2, 0.25) is 5.91 Å². The highest BCUT2D eigenvalue weighted by molar-refractivity contribution is 6.33. The molecule has 0 saturated carbocycles. The molecule has 116 valence electrons. The summed E-state index contributed by atoms with van der Waals surface area (Å²) in [5, 5.41) is 6.39. The molecule has 4 nitrogen and oxygen atoms in total. The van der Waals surface area contributed by atoms with E-state index in [-0.39, 0.29) is 12.5 Å². The van der Waals surface area contributed by atoms with E-state index < -0.39 is 0 Å². The van der Waals surface area contributed by atoms with Crippen molar-refractivity contribution in [1.82, 2.24) is 0 Å². The van der Waals surface area contributed by atoms with Crippen LogP contribution in [0.4, 0.5) is 11.4 Å². The fourth-order valence-electron chi connectivity index (χ4n) is 2.05. The summed E-state index contributed by atoms with van der Waals surface area (Å²) in [6.45, 7) is 4.06. The fourth-order valence-corrected chi connectivity index (χ4v) is 2.33. The van der Waals surface area contributed by atoms with E-state index in [0.717, 1.165) is 16.8 Å². The number of methoxy groups -OCH3 is 1. The lowest BCUT2D eigenvalue weighted by Gasteiger charge is -2.12. The van der Waals surface area contributed by atoms with Crippen molar-refractivity contribution in [2.75, 3.05) is 24.3 Å². The molecule has 0 aliphatic rings. The highest BCUT2D eigenvalue weighted by Gasteiger charge is 2.08. The molecule has 0 aliphatic carbocycles. The second kappa shape index (κ2) is 7.18. The first-order valence-electron chi connectivity index (χ1n) is 6.94. The zero-order valence-electron chi connectivity index (χ0n) is 12.9. The standard InChI is InChI=1S/C17H19ClN2O2/c1-11-4-6-14(13(18)8-11)20-17(21)10-19-15-9-12(2)5-7-16(15)22-3/h4-9,19H,10H2,1-3H3,(H,20,21). The van der Waals surface area contributed by atoms with Gasteiger partial charge >= 0.3 is 0 Å². The van der Waals surface area contributed by atoms with Crippen LogP contribution in [0.15, 0.2) is 36.4 Å². The molecule has 2 aromatic rings. The van der Waals surface area contributed by atoms with Crippen molar-refractivity contribution in [3.63, 3.8) is 0 Å². The van der Waals surface area contributed by atoms with Gasteiger partial charge in [-0.1, -0.05) is 23.7 Å². The molecule has 2 N–H and O–H groups in total. The summed E-state index contributed by atoms with van der Waals surface area (Å²) in [6, 6.07) is 11.3. The van der Waals surface area contributed by atoms with Gasteiger partial charge in [0, 0.05) is 0 Å². The Morgan fingerprint density at radius 3 is 2.45 bits per heavy atom. The molecular formula is C17H19ClN2O2. The fraction of sp³-hybridized carbons (Fsp3) is 0.235. The molecule has 2 rings (SSSR count). The Labute approximate surface area is 135 Å². The van der Waals surface area contributed by atoms with Crippen LogP contribution in [0.1, 0.15) is 11.1 Å². The monoisotopic (exact) mass is 318 g/mol. The van der Waals surface area contributed by atoms with Crippen LogP contribution in [0.25, 0.3) is 0 Å². The van der Waals surface area contributed by atoms with Crippen molar-refractivity contribution in [3.8, 4) is 5.75 Å². The first kappa shape index (κ1) is 16.2. The van der Waals surface area contributed by atoms with Crippen LogP contribution in [0.5, 0.6) is 5.75 Å². The maximum absolute atomic E-state index is 12.0. The number of anilines is 2. The van der Waals surface area contributed by atoms with Crippen LogP contribution < -0.4 is 15.4 Å². The Kier molecular flexibility index (Phi) is 5.28. The number of ether oxygens (including phenoxy) is 1. The van der Waals surface area contributed by atoms with Crippen LogP contribution in [0.3, 0.4) is 0 Å². The highest BCUT2D eigenvalue weighted by atomic mass is 35.5. The molecule has 22 heavy (non-hydrogen) atoms. The number of aryl methyl sites for hydroxylation is 2. The minimum atomic E-state index is -0.172. The quantitative estimate of drug-likeness (QED) is 0.875. The second-order valence-electron chi connectivity index (χ2n) is 5.09. The number of carbonyl (C=O) groups is 1. The van der Waals surface area contributed by atoms with Gasteiger partial charge in [-0.3, -0.25) is 4.79 Å². The molecular weight excluding hydrogens is 300 g/mol. The molecule has 0 aromatic heterocycles. The Hall–Kier alpha value is -2.20. The molecule has 0 radical (unpaired) electrons. The van der Waals surface area contributed by atoms with E-state index in [9.17, 15) is 4.79 Å². The molecule has 0 heterocycles. The van der Waals surface area contributed by atoms with Crippen LogP contribution in [0, 0.1) is 13.8 Å². The molecule has 0 saturated heterocycles. The lowest BCUT2D eigenvalue weighted by atomic mass is 10.2. The number of rotatable bonds is 5. The van der Waals surface area contributed by atoms with Crippen molar-refractivity contribution in [2.24, 2.45) is 0 Å². The molecule has 0 atom stereocenters. The highest BCUT2D eigenvalue weighted by Crippen LogP contribution is 2.25. The summed E-state index contributed by atoms with van der Waals surface area (Å²) < 4.78 is 5.27. The van der Waals surface area contributed by atoms with Crippen molar-refractivity contribution in [2.45, 2.75) is 13.8 Å². The number of nitrogens with one attached hydrogen (secondary N) is 2. The topological polar surface area (TPSA) is 50.4 Å². The second-order valence-corrected chi connectivity index (χ2v) is 5.50. The third-order valence-corrected chi connectivity index (χ3v) is 3.51. The van der Waals surface area contributed by atoms with Crippen LogP contribution >= 0.6 is 11.6 Å². The van der Waals surface area contributed by atoms with Crippen LogP contribution in [0.2, 0.25) is 5.02 Å². The van der Waals surface area contributed by atoms with Crippen LogP contribution in [-0.2, 0) is 4.79 Å². The zero-order chi connectivity index (χ0) is 16.1. The molecule has 0 spiro atoms. The van der Waals surface area contributed by atoms with Crippen molar-refractivity contribution in [1.29, 1.82) is 0 Å². The van der Waals surface area contributed by atoms with Crippen molar-refractivity contribution in [3.05, 3.63) is 52.5 Å². The van der Waals surface area contributed by atoms with Crippen molar-refractivity contribution < 1.29 is 9.53 Å². The van der Waals surface area contributed by atoms with Gasteiger partial charge in [0.05, 0.1) is 30.1 Å². The van der Waals surface area contributed by atoms with E-state index >= 15 is 0 Å². The van der Waals surface area contributed by atoms with Crippen molar-refractivity contribution >= 4 is 28.9 Å². The molecule has 0 bridgehead atoms. The Balaban J connectivity index is 2.00. The summed E-state index contributed by atoms with van der Waals surface area (Å²) >= 11 is 6.10. The van der Waals surface area contributed by atoms with Crippen LogP contribution in [-0.4, -0.2) is 19.6 Å². The number of amides is 1. The summed E-state index contributed by atoms with van der Waals surface area (Å²) in [5.74, 6) is 0.529. The van der Waals surface area contributed by atoms with E-state index in [1.165, 1.54) is 0 Å². The minimum Gasteiger partial charge on any atom is -0.495 e. The predicted molar refractivity (Wildman–Crippen MR) is 91.0 cm³/mol. The van der Waals surface area contributed by atoms with E-state index in [2.05, 4.69) is 10.6 Å². The normalized spacial score (nSPS) is 10.2. The lowest BCUT2D eigenvalue weighted by molar-refractivity contribution is -0.114. The average Bonchev–Trinajstić information content (AvgIpc) is 2.48. The first-order chi connectivity index (χ1) is 10.5. The predicted octanol–water partition coefficient (Wildman–Crippen LogP) is 4.02. The molecule has 2 aromatic carbocycles. The first-order valence-corrected chi connectivity index (χ1v) is 7.32. The summed E-state index contributed by atoms with van der Waals surface area (Å²) in [4.78, 5) is 12.0. The van der Waals surface area contributed by atoms with Gasteiger partial charge in [0.15, 0.2) is 0 Å². The van der Waals surface area contributed by atoms with Gasteiger partial charge in [0.25, 0.3) is 0 Å². The number of halogens is 1. The molecule has 0 aliphatic heterocycles. The van der Waals surface area contributed by atoms with Gasteiger partial charge in [-0.15, -0.1) is 0 Å². The maximum Gasteiger partial charge on any atom is 0.243 e. The van der Waals surface area contributed by atoms with E-state index in [1.807, 2.05) is 44.2 Å². The third-order valence-electron chi connectivity index (χ3n) is 3.19. The van der Waals surface area contributed by atoms with Gasteiger partial charge in [-0.2, -0.15) is 0 Å². The Bertz CT molecular complexity index is 686. The molecule has 5 heteroatoms. The largest absolute Gasteiger partial charge is 0.495 e. The minimum absolute atomic E-state index is 0.129. The third kappa shape index (κ3) is 4.15. The summed E-state index contributed by atoms with van der Waals surface area (Å²) in [5.41, 5.74) is 3.53. The number of hydrogen-bond donors (Lipinski definition) is 2. The molecule has 0 fully saturated rings. The SMILES string of the molecule is COc1ccc(C)cc1NCC(=O)Nc1ccc(C)cc1Cl. The molecule has 0 unspecified atom stereocenters. The maximum atomic E-state index is 12.0. The van der Waals surface area contributed by atoms with E-state index in [0.29, 0.717) is 16.5 Å². The van der Waals surface area contributed by atoms with Gasteiger partial charge < -0.3 is 15.4 Å². The summed E-state index contributed by atoms with van der Waals surface area (Å²) in [6.07, 6.45) is 0. The number of carbonyl (C=O) groups excluding carboxylic acids is 1. The van der Waals surface area contributed by atoms with Gasteiger partial charge in [0.1, 0.15) is 5.75 Å². The summed E-state index contributed by atoms with van der Waals surface area (Å²) in [7, 11) is 1.60. The number of hydrogen-bond acceptors (Lipinski definition) is 3. The smallest absolute Gasteiger partial charge is 0.243 e. The molecule has 1 amide bonds. The Morgan fingerprint density at radius 2 is 1.77 bits per heavy atom. The Morgan fingerprint density at radius 1 is 1.09 bits per heavy atom. The zero-order valence-corrected chi connectivity index (χ0v) is 13.6. The number of benzene rings is 2. The van der Waals surface area contributed by atoms with E-state index in [1.54, 1.807) is 13.2 Å². The van der Waals surface area contributed by atoms with Gasteiger partial charge in [-0.25, -0.2) is 0 Å². The lowest BCUT2D eigenvalue weighted by Crippen LogP contribution is -2.22. The van der Waals surface area contributed by atoms with E-state index in [4.69, 9.17) is 16.3 Å². The average molecular weight is 319 g/mol. The van der Waals surface area contributed by atoms with Gasteiger partial charge in [-0.05, 0) is 49.2 Å².